The minimum atomic E-state index is -0.684. The second-order valence-electron chi connectivity index (χ2n) is 4.84. The van der Waals surface area contributed by atoms with Crippen LogP contribution in [0.15, 0.2) is 47.7 Å². The Bertz CT molecular complexity index is 552. The van der Waals surface area contributed by atoms with Gasteiger partial charge in [0.2, 0.25) is 0 Å². The number of methoxy groups -OCH3 is 2. The summed E-state index contributed by atoms with van der Waals surface area (Å²) in [6.07, 6.45) is 3.64. The predicted octanol–water partition coefficient (Wildman–Crippen LogP) is 3.01. The lowest BCUT2D eigenvalue weighted by atomic mass is 9.73. The molecular formula is C16H18O3. The molecule has 2 rings (SSSR count). The van der Waals surface area contributed by atoms with Crippen LogP contribution in [0.5, 0.6) is 5.75 Å². The van der Waals surface area contributed by atoms with Gasteiger partial charge in [-0.3, -0.25) is 4.79 Å². The average molecular weight is 258 g/mol. The molecule has 0 amide bonds. The molecule has 19 heavy (non-hydrogen) atoms. The first kappa shape index (κ1) is 13.4. The van der Waals surface area contributed by atoms with Crippen LogP contribution in [0.2, 0.25) is 0 Å². The zero-order valence-electron chi connectivity index (χ0n) is 11.7. The molecule has 0 aliphatic heterocycles. The number of rotatable bonds is 3. The Labute approximate surface area is 113 Å². The molecule has 1 atom stereocenters. The Morgan fingerprint density at radius 2 is 1.68 bits per heavy atom. The molecule has 0 saturated carbocycles. The van der Waals surface area contributed by atoms with E-state index < -0.39 is 5.41 Å². The first-order valence-corrected chi connectivity index (χ1v) is 6.15. The highest BCUT2D eigenvalue weighted by Gasteiger charge is 2.36. The summed E-state index contributed by atoms with van der Waals surface area (Å²) >= 11 is 0. The maximum Gasteiger partial charge on any atom is 0.172 e. The third-order valence-electron chi connectivity index (χ3n) is 3.54. The van der Waals surface area contributed by atoms with Crippen molar-refractivity contribution in [3.63, 3.8) is 0 Å². The van der Waals surface area contributed by atoms with Crippen molar-refractivity contribution in [2.75, 3.05) is 14.2 Å². The van der Waals surface area contributed by atoms with Crippen LogP contribution in [0, 0.1) is 0 Å². The van der Waals surface area contributed by atoms with E-state index >= 15 is 0 Å². The topological polar surface area (TPSA) is 35.5 Å². The molecule has 1 unspecified atom stereocenters. The first-order valence-electron chi connectivity index (χ1n) is 6.15. The Balaban J connectivity index is 2.48. The van der Waals surface area contributed by atoms with Crippen molar-refractivity contribution in [1.29, 1.82) is 0 Å². The maximum atomic E-state index is 12.5. The summed E-state index contributed by atoms with van der Waals surface area (Å²) in [4.78, 5) is 12.5. The largest absolute Gasteiger partial charge is 0.497 e. The number of ether oxygens (including phenoxy) is 2. The van der Waals surface area contributed by atoms with E-state index in [-0.39, 0.29) is 5.78 Å². The van der Waals surface area contributed by atoms with Gasteiger partial charge in [0, 0.05) is 0 Å². The molecule has 0 bridgehead atoms. The fraction of sp³-hybridized carbons (Fsp3) is 0.312. The number of hydrogen-bond acceptors (Lipinski definition) is 3. The number of Topliss-reactive ketones (excluding diaryl/α,β-unsaturated/α-hetero) is 1. The average Bonchev–Trinajstić information content (AvgIpc) is 2.44. The third kappa shape index (κ3) is 2.28. The molecule has 1 aromatic rings. The van der Waals surface area contributed by atoms with Gasteiger partial charge < -0.3 is 9.47 Å². The van der Waals surface area contributed by atoms with Gasteiger partial charge in [0.25, 0.3) is 0 Å². The van der Waals surface area contributed by atoms with E-state index in [0.29, 0.717) is 5.57 Å². The summed E-state index contributed by atoms with van der Waals surface area (Å²) in [5.74, 6) is 1.59. The molecule has 1 aliphatic carbocycles. The molecule has 1 aromatic carbocycles. The van der Waals surface area contributed by atoms with E-state index in [4.69, 9.17) is 9.47 Å². The van der Waals surface area contributed by atoms with Gasteiger partial charge in [-0.05, 0) is 49.3 Å². The van der Waals surface area contributed by atoms with Gasteiger partial charge in [0.1, 0.15) is 11.5 Å². The molecule has 0 radical (unpaired) electrons. The Kier molecular flexibility index (Phi) is 3.47. The molecule has 0 aromatic heterocycles. The van der Waals surface area contributed by atoms with E-state index in [0.717, 1.165) is 17.1 Å². The molecule has 1 aliphatic rings. The molecule has 0 spiro atoms. The number of ketones is 1. The number of carbonyl (C=O) groups excluding carboxylic acids is 1. The minimum absolute atomic E-state index is 0.0958. The maximum absolute atomic E-state index is 12.5. The Hall–Kier alpha value is -2.03. The van der Waals surface area contributed by atoms with Crippen molar-refractivity contribution < 1.29 is 14.3 Å². The van der Waals surface area contributed by atoms with Gasteiger partial charge in [0.15, 0.2) is 5.78 Å². The normalized spacial score (nSPS) is 22.6. The Morgan fingerprint density at radius 1 is 1.05 bits per heavy atom. The van der Waals surface area contributed by atoms with E-state index in [9.17, 15) is 4.79 Å². The van der Waals surface area contributed by atoms with Crippen LogP contribution in [-0.4, -0.2) is 20.0 Å². The van der Waals surface area contributed by atoms with Gasteiger partial charge in [-0.2, -0.15) is 0 Å². The van der Waals surface area contributed by atoms with Gasteiger partial charge in [-0.1, -0.05) is 12.1 Å². The van der Waals surface area contributed by atoms with Crippen LogP contribution in [0.3, 0.4) is 0 Å². The fourth-order valence-electron chi connectivity index (χ4n) is 2.35. The zero-order valence-corrected chi connectivity index (χ0v) is 11.7. The summed E-state index contributed by atoms with van der Waals surface area (Å²) in [5, 5.41) is 0. The standard InChI is InChI=1S/C16H18O3/c1-11-9-14(19-4)10-16(2,15(11)17)12-5-7-13(18-3)8-6-12/h5-10H,1-4H3. The predicted molar refractivity (Wildman–Crippen MR) is 74.2 cm³/mol. The summed E-state index contributed by atoms with van der Waals surface area (Å²) in [5.41, 5.74) is 0.953. The molecule has 0 fully saturated rings. The highest BCUT2D eigenvalue weighted by atomic mass is 16.5. The lowest BCUT2D eigenvalue weighted by molar-refractivity contribution is -0.119. The first-order chi connectivity index (χ1) is 9.01. The molecule has 100 valence electrons. The van der Waals surface area contributed by atoms with E-state index in [1.54, 1.807) is 20.3 Å². The lowest BCUT2D eigenvalue weighted by Gasteiger charge is -2.29. The van der Waals surface area contributed by atoms with Crippen molar-refractivity contribution in [2.24, 2.45) is 0 Å². The molecule has 3 nitrogen and oxygen atoms in total. The number of hydrogen-bond donors (Lipinski definition) is 0. The van der Waals surface area contributed by atoms with Gasteiger partial charge in [-0.25, -0.2) is 0 Å². The van der Waals surface area contributed by atoms with E-state index in [2.05, 4.69) is 0 Å². The third-order valence-corrected chi connectivity index (χ3v) is 3.54. The van der Waals surface area contributed by atoms with Crippen LogP contribution >= 0.6 is 0 Å². The van der Waals surface area contributed by atoms with Crippen molar-refractivity contribution in [3.8, 4) is 5.75 Å². The fourth-order valence-corrected chi connectivity index (χ4v) is 2.35. The van der Waals surface area contributed by atoms with Crippen molar-refractivity contribution in [1.82, 2.24) is 0 Å². The zero-order chi connectivity index (χ0) is 14.0. The monoisotopic (exact) mass is 258 g/mol. The van der Waals surface area contributed by atoms with Crippen LogP contribution in [0.25, 0.3) is 0 Å². The minimum Gasteiger partial charge on any atom is -0.497 e. The summed E-state index contributed by atoms with van der Waals surface area (Å²) in [6, 6.07) is 7.56. The molecule has 0 N–H and O–H groups in total. The number of benzene rings is 1. The second kappa shape index (κ2) is 4.92. The van der Waals surface area contributed by atoms with Crippen LogP contribution in [0.4, 0.5) is 0 Å². The smallest absolute Gasteiger partial charge is 0.172 e. The summed E-state index contributed by atoms with van der Waals surface area (Å²) < 4.78 is 10.4. The summed E-state index contributed by atoms with van der Waals surface area (Å²) in [6.45, 7) is 3.72. The van der Waals surface area contributed by atoms with E-state index in [1.807, 2.05) is 44.2 Å². The van der Waals surface area contributed by atoms with Crippen molar-refractivity contribution in [3.05, 3.63) is 53.3 Å². The lowest BCUT2D eigenvalue weighted by Crippen LogP contribution is -2.34. The molecular weight excluding hydrogens is 240 g/mol. The highest BCUT2D eigenvalue weighted by Crippen LogP contribution is 2.35. The van der Waals surface area contributed by atoms with Crippen molar-refractivity contribution >= 4 is 5.78 Å². The van der Waals surface area contributed by atoms with Gasteiger partial charge in [-0.15, -0.1) is 0 Å². The number of carbonyl (C=O) groups is 1. The van der Waals surface area contributed by atoms with Gasteiger partial charge >= 0.3 is 0 Å². The van der Waals surface area contributed by atoms with Gasteiger partial charge in [0.05, 0.1) is 19.6 Å². The molecule has 0 saturated heterocycles. The summed E-state index contributed by atoms with van der Waals surface area (Å²) in [7, 11) is 3.23. The Morgan fingerprint density at radius 3 is 2.21 bits per heavy atom. The second-order valence-corrected chi connectivity index (χ2v) is 4.84. The van der Waals surface area contributed by atoms with Crippen LogP contribution in [0.1, 0.15) is 19.4 Å². The SMILES string of the molecule is COC1=CC(C)(c2ccc(OC)cc2)C(=O)C(C)=C1. The number of allylic oxidation sites excluding steroid dienone is 3. The quantitative estimate of drug-likeness (QED) is 0.836. The van der Waals surface area contributed by atoms with Crippen molar-refractivity contribution in [2.45, 2.75) is 19.3 Å². The van der Waals surface area contributed by atoms with E-state index in [1.165, 1.54) is 0 Å². The molecule has 0 heterocycles. The molecule has 3 heteroatoms. The van der Waals surface area contributed by atoms with Crippen LogP contribution < -0.4 is 4.74 Å². The van der Waals surface area contributed by atoms with Crippen LogP contribution in [-0.2, 0) is 14.9 Å². The highest BCUT2D eigenvalue weighted by molar-refractivity contribution is 6.06.